The van der Waals surface area contributed by atoms with E-state index in [0.717, 1.165) is 10.0 Å². The lowest BCUT2D eigenvalue weighted by Crippen LogP contribution is -1.93. The molecule has 1 aromatic carbocycles. The number of allylic oxidation sites excluding steroid dienone is 1. The molecule has 1 heterocycles. The molecule has 84 valence electrons. The molecule has 3 heteroatoms. The van der Waals surface area contributed by atoms with Crippen molar-refractivity contribution in [2.75, 3.05) is 0 Å². The number of nitrogens with zero attached hydrogens (tertiary/aromatic N) is 1. The summed E-state index contributed by atoms with van der Waals surface area (Å²) in [5.74, 6) is -0.00527. The molecule has 0 spiro atoms. The molecule has 0 unspecified atom stereocenters. The Balaban J connectivity index is 2.12. The van der Waals surface area contributed by atoms with Crippen molar-refractivity contribution in [3.8, 4) is 0 Å². The van der Waals surface area contributed by atoms with Crippen molar-refractivity contribution in [1.29, 1.82) is 0 Å². The van der Waals surface area contributed by atoms with E-state index in [0.29, 0.717) is 5.56 Å². The van der Waals surface area contributed by atoms with Gasteiger partial charge in [-0.05, 0) is 48.0 Å². The number of rotatable bonds is 3. The van der Waals surface area contributed by atoms with Crippen LogP contribution in [0.5, 0.6) is 0 Å². The van der Waals surface area contributed by atoms with Crippen molar-refractivity contribution in [3.05, 3.63) is 70.5 Å². The highest BCUT2D eigenvalue weighted by Gasteiger charge is 2.00. The minimum absolute atomic E-state index is 0.00527. The molecule has 2 rings (SSSR count). The van der Waals surface area contributed by atoms with Gasteiger partial charge in [0.1, 0.15) is 0 Å². The summed E-state index contributed by atoms with van der Waals surface area (Å²) in [6.07, 6.45) is 6.75. The van der Waals surface area contributed by atoms with Crippen LogP contribution in [0.2, 0.25) is 0 Å². The lowest BCUT2D eigenvalue weighted by atomic mass is 10.1. The molecule has 0 N–H and O–H groups in total. The summed E-state index contributed by atoms with van der Waals surface area (Å²) in [5.41, 5.74) is 1.64. The molecule has 2 nitrogen and oxygen atoms in total. The van der Waals surface area contributed by atoms with Gasteiger partial charge >= 0.3 is 0 Å². The number of carbonyl (C=O) groups is 1. The van der Waals surface area contributed by atoms with Crippen molar-refractivity contribution in [2.45, 2.75) is 0 Å². The number of hydrogen-bond acceptors (Lipinski definition) is 2. The lowest BCUT2D eigenvalue weighted by Gasteiger charge is -1.96. The summed E-state index contributed by atoms with van der Waals surface area (Å²) in [7, 11) is 0. The highest BCUT2D eigenvalue weighted by molar-refractivity contribution is 9.10. The van der Waals surface area contributed by atoms with E-state index >= 15 is 0 Å². The number of carbonyl (C=O) groups excluding carboxylic acids is 1. The highest BCUT2D eigenvalue weighted by atomic mass is 79.9. The average Bonchev–Trinajstić information content (AvgIpc) is 2.38. The van der Waals surface area contributed by atoms with E-state index in [9.17, 15) is 4.79 Å². The van der Waals surface area contributed by atoms with Crippen molar-refractivity contribution >= 4 is 27.8 Å². The number of aromatic nitrogens is 1. The minimum Gasteiger partial charge on any atom is -0.289 e. The van der Waals surface area contributed by atoms with Gasteiger partial charge in [0.25, 0.3) is 0 Å². The first-order chi connectivity index (χ1) is 8.25. The molecule has 0 atom stereocenters. The monoisotopic (exact) mass is 287 g/mol. The zero-order valence-electron chi connectivity index (χ0n) is 9.01. The highest BCUT2D eigenvalue weighted by Crippen LogP contribution is 2.11. The fraction of sp³-hybridized carbons (Fsp3) is 0. The molecule has 0 radical (unpaired) electrons. The number of halogens is 1. The smallest absolute Gasteiger partial charge is 0.185 e. The van der Waals surface area contributed by atoms with E-state index in [1.54, 1.807) is 36.7 Å². The Kier molecular flexibility index (Phi) is 3.83. The van der Waals surface area contributed by atoms with Crippen LogP contribution in [0.15, 0.2) is 59.3 Å². The van der Waals surface area contributed by atoms with E-state index in [-0.39, 0.29) is 5.78 Å². The topological polar surface area (TPSA) is 30.0 Å². The van der Waals surface area contributed by atoms with Crippen LogP contribution < -0.4 is 0 Å². The summed E-state index contributed by atoms with van der Waals surface area (Å²) in [5, 5.41) is 0. The molecule has 0 aliphatic rings. The number of pyridine rings is 1. The summed E-state index contributed by atoms with van der Waals surface area (Å²) in [6.45, 7) is 0. The van der Waals surface area contributed by atoms with Gasteiger partial charge in [-0.1, -0.05) is 22.0 Å². The Labute approximate surface area is 108 Å². The third-order valence-electron chi connectivity index (χ3n) is 2.26. The zero-order chi connectivity index (χ0) is 12.1. The molecule has 0 bridgehead atoms. The summed E-state index contributed by atoms with van der Waals surface area (Å²) in [6, 6.07) is 11.0. The molecule has 1 aromatic heterocycles. The van der Waals surface area contributed by atoms with E-state index in [1.807, 2.05) is 24.3 Å². The third kappa shape index (κ3) is 3.36. The Morgan fingerprint density at radius 1 is 1.06 bits per heavy atom. The molecule has 2 aromatic rings. The van der Waals surface area contributed by atoms with E-state index in [2.05, 4.69) is 20.9 Å². The molecule has 0 aliphatic heterocycles. The first kappa shape index (κ1) is 11.7. The largest absolute Gasteiger partial charge is 0.289 e. The fourth-order valence-corrected chi connectivity index (χ4v) is 1.62. The predicted octanol–water partition coefficient (Wildman–Crippen LogP) is 3.74. The Hall–Kier alpha value is -1.74. The second-order valence-corrected chi connectivity index (χ2v) is 4.40. The molecular weight excluding hydrogens is 278 g/mol. The maximum Gasteiger partial charge on any atom is 0.185 e. The maximum atomic E-state index is 11.8. The van der Waals surface area contributed by atoms with Crippen LogP contribution >= 0.6 is 15.9 Å². The lowest BCUT2D eigenvalue weighted by molar-refractivity contribution is 0.104. The normalized spacial score (nSPS) is 10.6. The van der Waals surface area contributed by atoms with Crippen LogP contribution in [-0.4, -0.2) is 10.8 Å². The fourth-order valence-electron chi connectivity index (χ4n) is 1.36. The van der Waals surface area contributed by atoms with Gasteiger partial charge in [0.15, 0.2) is 5.78 Å². The van der Waals surface area contributed by atoms with Gasteiger partial charge in [-0.15, -0.1) is 0 Å². The Bertz CT molecular complexity index is 532. The quantitative estimate of drug-likeness (QED) is 0.636. The van der Waals surface area contributed by atoms with Crippen molar-refractivity contribution in [2.24, 2.45) is 0 Å². The first-order valence-electron chi connectivity index (χ1n) is 5.14. The van der Waals surface area contributed by atoms with Gasteiger partial charge in [0.2, 0.25) is 0 Å². The molecule has 17 heavy (non-hydrogen) atoms. The van der Waals surface area contributed by atoms with E-state index < -0.39 is 0 Å². The van der Waals surface area contributed by atoms with E-state index in [1.165, 1.54) is 0 Å². The number of ketones is 1. The van der Waals surface area contributed by atoms with Crippen LogP contribution in [0.4, 0.5) is 0 Å². The SMILES string of the molecule is O=C(C=Cc1ccncc1)c1ccc(Br)cc1. The standard InChI is InChI=1S/C14H10BrNO/c15-13-4-2-12(3-5-13)14(17)6-1-11-7-9-16-10-8-11/h1-10H. The first-order valence-corrected chi connectivity index (χ1v) is 5.93. The second-order valence-electron chi connectivity index (χ2n) is 3.49. The molecular formula is C14H10BrNO. The van der Waals surface area contributed by atoms with Crippen LogP contribution in [0.3, 0.4) is 0 Å². The molecule has 0 fully saturated rings. The molecule has 0 saturated carbocycles. The predicted molar refractivity (Wildman–Crippen MR) is 71.7 cm³/mol. The van der Waals surface area contributed by atoms with Crippen LogP contribution in [0.25, 0.3) is 6.08 Å². The van der Waals surface area contributed by atoms with E-state index in [4.69, 9.17) is 0 Å². The van der Waals surface area contributed by atoms with Gasteiger partial charge in [-0.25, -0.2) is 0 Å². The zero-order valence-corrected chi connectivity index (χ0v) is 10.6. The van der Waals surface area contributed by atoms with Crippen molar-refractivity contribution < 1.29 is 4.79 Å². The van der Waals surface area contributed by atoms with Crippen molar-refractivity contribution in [3.63, 3.8) is 0 Å². The third-order valence-corrected chi connectivity index (χ3v) is 2.79. The molecule has 0 aliphatic carbocycles. The Morgan fingerprint density at radius 3 is 2.35 bits per heavy atom. The molecule has 0 saturated heterocycles. The van der Waals surface area contributed by atoms with Crippen LogP contribution in [-0.2, 0) is 0 Å². The maximum absolute atomic E-state index is 11.8. The van der Waals surface area contributed by atoms with Gasteiger partial charge in [-0.2, -0.15) is 0 Å². The molecule has 0 amide bonds. The summed E-state index contributed by atoms with van der Waals surface area (Å²) in [4.78, 5) is 15.7. The van der Waals surface area contributed by atoms with Gasteiger partial charge < -0.3 is 0 Å². The Morgan fingerprint density at radius 2 is 1.71 bits per heavy atom. The average molecular weight is 288 g/mol. The van der Waals surface area contributed by atoms with Crippen LogP contribution in [0, 0.1) is 0 Å². The van der Waals surface area contributed by atoms with Gasteiger partial charge in [0.05, 0.1) is 0 Å². The summed E-state index contributed by atoms with van der Waals surface area (Å²) < 4.78 is 0.965. The van der Waals surface area contributed by atoms with Crippen molar-refractivity contribution in [1.82, 2.24) is 4.98 Å². The van der Waals surface area contributed by atoms with Gasteiger partial charge in [-0.3, -0.25) is 9.78 Å². The summed E-state index contributed by atoms with van der Waals surface area (Å²) >= 11 is 3.33. The van der Waals surface area contributed by atoms with Crippen LogP contribution in [0.1, 0.15) is 15.9 Å². The van der Waals surface area contributed by atoms with Gasteiger partial charge in [0, 0.05) is 22.4 Å². The second kappa shape index (κ2) is 5.55. The number of hydrogen-bond donors (Lipinski definition) is 0. The minimum atomic E-state index is -0.00527. The number of benzene rings is 1.